The van der Waals surface area contributed by atoms with E-state index < -0.39 is 18.2 Å². The van der Waals surface area contributed by atoms with E-state index in [4.69, 9.17) is 15.6 Å². The Balaban J connectivity index is 1.76. The number of nitrogens with zero attached hydrogens (tertiary/aromatic N) is 1. The first-order chi connectivity index (χ1) is 15.2. The number of carboxylic acid groups (broad SMARTS) is 1. The zero-order valence-corrected chi connectivity index (χ0v) is 18.7. The highest BCUT2D eigenvalue weighted by Gasteiger charge is 2.26. The maximum atomic E-state index is 11.9. The normalized spacial score (nSPS) is 18.1. The molecule has 3 rings (SSSR count). The number of hydrogen-bond donors (Lipinski definition) is 5. The van der Waals surface area contributed by atoms with Crippen LogP contribution in [-0.4, -0.2) is 40.5 Å². The lowest BCUT2D eigenvalue weighted by Crippen LogP contribution is -2.36. The van der Waals surface area contributed by atoms with Gasteiger partial charge in [-0.3, -0.25) is 5.32 Å². The molecule has 0 aliphatic heterocycles. The molecule has 32 heavy (non-hydrogen) atoms. The predicted molar refractivity (Wildman–Crippen MR) is 122 cm³/mol. The third kappa shape index (κ3) is 6.33. The Morgan fingerprint density at radius 2 is 1.91 bits per heavy atom. The molecule has 0 unspecified atom stereocenters. The van der Waals surface area contributed by atoms with Gasteiger partial charge in [0.1, 0.15) is 0 Å². The fourth-order valence-electron chi connectivity index (χ4n) is 3.69. The number of nitrogens with one attached hydrogen (secondary N) is 3. The van der Waals surface area contributed by atoms with Gasteiger partial charge in [-0.15, -0.1) is 11.3 Å². The molecule has 0 saturated heterocycles. The number of rotatable bonds is 6. The van der Waals surface area contributed by atoms with Crippen LogP contribution in [0.1, 0.15) is 50.5 Å². The van der Waals surface area contributed by atoms with Crippen molar-refractivity contribution in [3.05, 3.63) is 29.4 Å². The predicted octanol–water partition coefficient (Wildman–Crippen LogP) is 4.55. The summed E-state index contributed by atoms with van der Waals surface area (Å²) < 4.78 is 5.08. The van der Waals surface area contributed by atoms with Crippen LogP contribution in [-0.2, 0) is 4.74 Å². The molecular formula is C21H27N5O5S. The van der Waals surface area contributed by atoms with Crippen LogP contribution in [0, 0.1) is 0 Å². The average molecular weight is 462 g/mol. The van der Waals surface area contributed by atoms with E-state index in [1.165, 1.54) is 11.3 Å². The van der Waals surface area contributed by atoms with E-state index in [1.807, 2.05) is 0 Å². The van der Waals surface area contributed by atoms with Crippen LogP contribution in [0.15, 0.2) is 24.4 Å². The number of nitrogens with two attached hydrogens (primary N) is 1. The molecule has 1 aromatic heterocycles. The van der Waals surface area contributed by atoms with Gasteiger partial charge in [-0.2, -0.15) is 0 Å². The first-order valence-corrected chi connectivity index (χ1v) is 11.2. The fraction of sp³-hybridized carbons (Fsp3) is 0.429. The largest absolute Gasteiger partial charge is 0.465 e. The molecule has 1 aliphatic rings. The summed E-state index contributed by atoms with van der Waals surface area (Å²) in [6.45, 7) is 3.50. The Hall–Kier alpha value is -3.34. The zero-order chi connectivity index (χ0) is 23.3. The number of thiazole rings is 1. The monoisotopic (exact) mass is 461 g/mol. The van der Waals surface area contributed by atoms with Crippen molar-refractivity contribution in [3.63, 3.8) is 0 Å². The van der Waals surface area contributed by atoms with Crippen molar-refractivity contribution < 1.29 is 24.2 Å². The number of ether oxygens (including phenoxy) is 1. The Labute approximate surface area is 189 Å². The van der Waals surface area contributed by atoms with Gasteiger partial charge in [-0.05, 0) is 57.7 Å². The smallest absolute Gasteiger partial charge is 0.411 e. The molecule has 0 atom stereocenters. The van der Waals surface area contributed by atoms with Crippen LogP contribution < -0.4 is 21.7 Å². The van der Waals surface area contributed by atoms with E-state index in [1.54, 1.807) is 38.2 Å². The van der Waals surface area contributed by atoms with Crippen LogP contribution in [0.25, 0.3) is 10.4 Å². The molecule has 1 fully saturated rings. The third-order valence-electron chi connectivity index (χ3n) is 5.06. The topological polar surface area (TPSA) is 156 Å². The first-order valence-electron chi connectivity index (χ1n) is 10.3. The number of carbonyl (C=O) groups excluding carboxylic acids is 2. The molecule has 1 saturated carbocycles. The van der Waals surface area contributed by atoms with Crippen LogP contribution in [0.5, 0.6) is 0 Å². The molecule has 1 heterocycles. The van der Waals surface area contributed by atoms with E-state index in [2.05, 4.69) is 20.9 Å². The van der Waals surface area contributed by atoms with Gasteiger partial charge in [0.05, 0.1) is 21.7 Å². The van der Waals surface area contributed by atoms with Crippen molar-refractivity contribution in [1.82, 2.24) is 10.3 Å². The minimum Gasteiger partial charge on any atom is -0.465 e. The number of hydrogen-bond acceptors (Lipinski definition) is 6. The summed E-state index contributed by atoms with van der Waals surface area (Å²) in [7, 11) is 0. The number of aromatic nitrogens is 1. The lowest BCUT2D eigenvalue weighted by atomic mass is 9.86. The second-order valence-corrected chi connectivity index (χ2v) is 8.95. The van der Waals surface area contributed by atoms with Gasteiger partial charge in [0.15, 0.2) is 0 Å². The molecule has 1 aliphatic carbocycles. The average Bonchev–Trinajstić information content (AvgIpc) is 3.17. The Morgan fingerprint density at radius 1 is 1.19 bits per heavy atom. The van der Waals surface area contributed by atoms with Crippen LogP contribution in [0.2, 0.25) is 0 Å². The quantitative estimate of drug-likeness (QED) is 0.425. The highest BCUT2D eigenvalue weighted by molar-refractivity contribution is 7.15. The van der Waals surface area contributed by atoms with Gasteiger partial charge in [-0.1, -0.05) is 0 Å². The molecule has 1 aromatic carbocycles. The maximum absolute atomic E-state index is 11.9. The van der Waals surface area contributed by atoms with Crippen molar-refractivity contribution >= 4 is 40.9 Å². The van der Waals surface area contributed by atoms with Crippen LogP contribution in [0.4, 0.5) is 25.8 Å². The Bertz CT molecular complexity index is 985. The summed E-state index contributed by atoms with van der Waals surface area (Å²) in [5.74, 6) is 0.264. The number of carbonyl (C=O) groups is 3. The minimum atomic E-state index is -0.991. The molecule has 172 valence electrons. The number of urea groups is 1. The molecule has 0 radical (unpaired) electrons. The molecule has 10 nitrogen and oxygen atoms in total. The first kappa shape index (κ1) is 23.3. The summed E-state index contributed by atoms with van der Waals surface area (Å²) in [5, 5.41) is 17.6. The van der Waals surface area contributed by atoms with Crippen molar-refractivity contribution in [2.45, 2.75) is 57.6 Å². The molecule has 6 N–H and O–H groups in total. The Morgan fingerprint density at radius 3 is 2.53 bits per heavy atom. The minimum absolute atomic E-state index is 0.0167. The number of benzene rings is 1. The highest BCUT2D eigenvalue weighted by Crippen LogP contribution is 2.40. The number of primary amides is 1. The van der Waals surface area contributed by atoms with E-state index in [0.717, 1.165) is 41.1 Å². The molecule has 2 aromatic rings. The summed E-state index contributed by atoms with van der Waals surface area (Å²) in [4.78, 5) is 39.7. The molecular weight excluding hydrogens is 434 g/mol. The second kappa shape index (κ2) is 10.3. The maximum Gasteiger partial charge on any atom is 0.411 e. The molecule has 0 spiro atoms. The summed E-state index contributed by atoms with van der Waals surface area (Å²) in [6.07, 6.45) is 3.16. The molecule has 4 amide bonds. The highest BCUT2D eigenvalue weighted by atomic mass is 32.1. The standard InChI is InChI=1S/C21H27N5O5S/c1-11(2)31-21(30)25-14-7-8-15(16(9-14)26-19(22)27)17-10-23-18(32-17)12-3-5-13(6-4-12)24-20(28)29/h7-13,24H,3-6H2,1-2H3,(H,25,30)(H,28,29)(H3,22,26,27). The van der Waals surface area contributed by atoms with Crippen LogP contribution in [0.3, 0.4) is 0 Å². The second-order valence-electron chi connectivity index (χ2n) is 7.89. The zero-order valence-electron chi connectivity index (χ0n) is 17.9. The van der Waals surface area contributed by atoms with E-state index >= 15 is 0 Å². The molecule has 11 heteroatoms. The van der Waals surface area contributed by atoms with Crippen molar-refractivity contribution in [3.8, 4) is 10.4 Å². The lowest BCUT2D eigenvalue weighted by molar-refractivity contribution is 0.130. The summed E-state index contributed by atoms with van der Waals surface area (Å²) >= 11 is 1.53. The fourth-order valence-corrected chi connectivity index (χ4v) is 4.82. The van der Waals surface area contributed by atoms with Gasteiger partial charge in [0.25, 0.3) is 0 Å². The summed E-state index contributed by atoms with van der Waals surface area (Å²) in [6, 6.07) is 4.37. The van der Waals surface area contributed by atoms with E-state index in [0.29, 0.717) is 11.4 Å². The van der Waals surface area contributed by atoms with E-state index in [-0.39, 0.29) is 18.1 Å². The van der Waals surface area contributed by atoms with Gasteiger partial charge >= 0.3 is 18.2 Å². The number of amides is 4. The van der Waals surface area contributed by atoms with Gasteiger partial charge in [-0.25, -0.2) is 19.4 Å². The van der Waals surface area contributed by atoms with Gasteiger partial charge in [0, 0.05) is 29.4 Å². The summed E-state index contributed by atoms with van der Waals surface area (Å²) in [5.41, 5.74) is 6.97. The lowest BCUT2D eigenvalue weighted by Gasteiger charge is -2.27. The number of anilines is 2. The Kier molecular flexibility index (Phi) is 7.52. The van der Waals surface area contributed by atoms with Crippen molar-refractivity contribution in [2.24, 2.45) is 5.73 Å². The van der Waals surface area contributed by atoms with Crippen LogP contribution >= 0.6 is 11.3 Å². The van der Waals surface area contributed by atoms with Gasteiger partial charge < -0.3 is 26.2 Å². The van der Waals surface area contributed by atoms with E-state index in [9.17, 15) is 14.4 Å². The SMILES string of the molecule is CC(C)OC(=O)Nc1ccc(-c2cnc(C3CCC(NC(=O)O)CC3)s2)c(NC(N)=O)c1. The van der Waals surface area contributed by atoms with Crippen molar-refractivity contribution in [2.75, 3.05) is 10.6 Å². The van der Waals surface area contributed by atoms with Gasteiger partial charge in [0.2, 0.25) is 0 Å². The molecule has 0 bridgehead atoms. The third-order valence-corrected chi connectivity index (χ3v) is 6.25. The van der Waals surface area contributed by atoms with Crippen molar-refractivity contribution in [1.29, 1.82) is 0 Å².